The monoisotopic (exact) mass is 292 g/mol. The SMILES string of the molecule is COCCC(N)C(=O)Nc1ccc(OC2CCCC2)cc1. The van der Waals surface area contributed by atoms with E-state index in [4.69, 9.17) is 15.2 Å². The van der Waals surface area contributed by atoms with Gasteiger partial charge < -0.3 is 20.5 Å². The number of methoxy groups -OCH3 is 1. The van der Waals surface area contributed by atoms with Gasteiger partial charge in [0.25, 0.3) is 0 Å². The fraction of sp³-hybridized carbons (Fsp3) is 0.562. The van der Waals surface area contributed by atoms with Gasteiger partial charge in [-0.15, -0.1) is 0 Å². The van der Waals surface area contributed by atoms with Crippen molar-refractivity contribution < 1.29 is 14.3 Å². The number of nitrogens with one attached hydrogen (secondary N) is 1. The van der Waals surface area contributed by atoms with Gasteiger partial charge in [0.1, 0.15) is 5.75 Å². The molecular formula is C16H24N2O3. The van der Waals surface area contributed by atoms with Crippen LogP contribution in [0.3, 0.4) is 0 Å². The summed E-state index contributed by atoms with van der Waals surface area (Å²) in [6, 6.07) is 6.89. The van der Waals surface area contributed by atoms with Gasteiger partial charge in [0.2, 0.25) is 5.91 Å². The highest BCUT2D eigenvalue weighted by Gasteiger charge is 2.16. The topological polar surface area (TPSA) is 73.6 Å². The van der Waals surface area contributed by atoms with E-state index in [1.165, 1.54) is 12.8 Å². The van der Waals surface area contributed by atoms with E-state index in [9.17, 15) is 4.79 Å². The standard InChI is InChI=1S/C16H24N2O3/c1-20-11-10-15(17)16(19)18-12-6-8-14(9-7-12)21-13-4-2-3-5-13/h6-9,13,15H,2-5,10-11,17H2,1H3,(H,18,19). The molecule has 1 aliphatic rings. The Bertz CT molecular complexity index is 441. The number of carbonyl (C=O) groups excluding carboxylic acids is 1. The Hall–Kier alpha value is -1.59. The number of ether oxygens (including phenoxy) is 2. The van der Waals surface area contributed by atoms with Crippen molar-refractivity contribution in [2.45, 2.75) is 44.2 Å². The van der Waals surface area contributed by atoms with Crippen molar-refractivity contribution in [2.75, 3.05) is 19.0 Å². The fourth-order valence-electron chi connectivity index (χ4n) is 2.43. The van der Waals surface area contributed by atoms with Crippen LogP contribution >= 0.6 is 0 Å². The van der Waals surface area contributed by atoms with Crippen LogP contribution in [0.2, 0.25) is 0 Å². The second-order valence-electron chi connectivity index (χ2n) is 5.43. The maximum Gasteiger partial charge on any atom is 0.241 e. The van der Waals surface area contributed by atoms with Gasteiger partial charge in [0, 0.05) is 19.4 Å². The largest absolute Gasteiger partial charge is 0.490 e. The van der Waals surface area contributed by atoms with Crippen molar-refractivity contribution in [3.8, 4) is 5.75 Å². The zero-order valence-corrected chi connectivity index (χ0v) is 12.5. The Morgan fingerprint density at radius 2 is 2.00 bits per heavy atom. The van der Waals surface area contributed by atoms with E-state index in [1.807, 2.05) is 24.3 Å². The normalized spacial score (nSPS) is 16.7. The Labute approximate surface area is 125 Å². The van der Waals surface area contributed by atoms with Gasteiger partial charge >= 0.3 is 0 Å². The van der Waals surface area contributed by atoms with Crippen LogP contribution in [0.25, 0.3) is 0 Å². The predicted octanol–water partition coefficient (Wildman–Crippen LogP) is 2.31. The first-order valence-corrected chi connectivity index (χ1v) is 7.51. The minimum Gasteiger partial charge on any atom is -0.490 e. The summed E-state index contributed by atoms with van der Waals surface area (Å²) in [4.78, 5) is 11.9. The second-order valence-corrected chi connectivity index (χ2v) is 5.43. The summed E-state index contributed by atoms with van der Waals surface area (Å²) in [7, 11) is 1.59. The second kappa shape index (κ2) is 8.00. The molecular weight excluding hydrogens is 268 g/mol. The van der Waals surface area contributed by atoms with E-state index < -0.39 is 6.04 Å². The van der Waals surface area contributed by atoms with Crippen LogP contribution in [0.1, 0.15) is 32.1 Å². The molecule has 1 saturated carbocycles. The van der Waals surface area contributed by atoms with Crippen LogP contribution in [0, 0.1) is 0 Å². The van der Waals surface area contributed by atoms with Crippen LogP contribution in [0.5, 0.6) is 5.75 Å². The minimum absolute atomic E-state index is 0.198. The molecule has 21 heavy (non-hydrogen) atoms. The summed E-state index contributed by atoms with van der Waals surface area (Å²) in [5, 5.41) is 2.80. The van der Waals surface area contributed by atoms with Crippen molar-refractivity contribution >= 4 is 11.6 Å². The van der Waals surface area contributed by atoms with E-state index >= 15 is 0 Å². The van der Waals surface area contributed by atoms with Crippen molar-refractivity contribution in [2.24, 2.45) is 5.73 Å². The van der Waals surface area contributed by atoms with E-state index in [0.29, 0.717) is 19.1 Å². The molecule has 5 nitrogen and oxygen atoms in total. The molecule has 0 heterocycles. The Balaban J connectivity index is 1.82. The molecule has 1 amide bonds. The summed E-state index contributed by atoms with van der Waals surface area (Å²) in [6.07, 6.45) is 5.61. The Morgan fingerprint density at radius 3 is 2.62 bits per heavy atom. The van der Waals surface area contributed by atoms with Gasteiger partial charge in [-0.2, -0.15) is 0 Å². The molecule has 5 heteroatoms. The highest BCUT2D eigenvalue weighted by atomic mass is 16.5. The zero-order chi connectivity index (χ0) is 15.1. The summed E-state index contributed by atoms with van der Waals surface area (Å²) in [5.74, 6) is 0.653. The highest BCUT2D eigenvalue weighted by molar-refractivity contribution is 5.94. The van der Waals surface area contributed by atoms with Crippen molar-refractivity contribution in [3.63, 3.8) is 0 Å². The number of carbonyl (C=O) groups is 1. The lowest BCUT2D eigenvalue weighted by Crippen LogP contribution is -2.36. The average Bonchev–Trinajstić information content (AvgIpc) is 2.99. The molecule has 1 aliphatic carbocycles. The number of anilines is 1. The third-order valence-corrected chi connectivity index (χ3v) is 3.70. The van der Waals surface area contributed by atoms with Crippen LogP contribution in [0.4, 0.5) is 5.69 Å². The summed E-state index contributed by atoms with van der Waals surface area (Å²) in [6.45, 7) is 0.475. The number of hydrogen-bond donors (Lipinski definition) is 2. The number of nitrogens with two attached hydrogens (primary N) is 1. The van der Waals surface area contributed by atoms with Crippen molar-refractivity contribution in [1.82, 2.24) is 0 Å². The van der Waals surface area contributed by atoms with Crippen molar-refractivity contribution in [1.29, 1.82) is 0 Å². The van der Waals surface area contributed by atoms with Gasteiger partial charge in [0.05, 0.1) is 12.1 Å². The lowest BCUT2D eigenvalue weighted by atomic mass is 10.2. The maximum atomic E-state index is 11.9. The van der Waals surface area contributed by atoms with Gasteiger partial charge in [-0.3, -0.25) is 4.79 Å². The first kappa shape index (κ1) is 15.8. The lowest BCUT2D eigenvalue weighted by Gasteiger charge is -2.14. The summed E-state index contributed by atoms with van der Waals surface area (Å²) >= 11 is 0. The van der Waals surface area contributed by atoms with Gasteiger partial charge in [-0.05, 0) is 56.4 Å². The number of hydrogen-bond acceptors (Lipinski definition) is 4. The summed E-state index contributed by atoms with van der Waals surface area (Å²) in [5.41, 5.74) is 6.50. The molecule has 0 saturated heterocycles. The molecule has 0 radical (unpaired) electrons. The zero-order valence-electron chi connectivity index (χ0n) is 12.5. The average molecular weight is 292 g/mol. The van der Waals surface area contributed by atoms with Crippen LogP contribution in [0.15, 0.2) is 24.3 Å². The molecule has 0 aromatic heterocycles. The molecule has 0 aliphatic heterocycles. The molecule has 2 rings (SSSR count). The Morgan fingerprint density at radius 1 is 1.33 bits per heavy atom. The maximum absolute atomic E-state index is 11.9. The fourth-order valence-corrected chi connectivity index (χ4v) is 2.43. The van der Waals surface area contributed by atoms with Gasteiger partial charge in [-0.1, -0.05) is 0 Å². The molecule has 0 bridgehead atoms. The predicted molar refractivity (Wildman–Crippen MR) is 82.4 cm³/mol. The van der Waals surface area contributed by atoms with E-state index in [2.05, 4.69) is 5.32 Å². The Kier molecular flexibility index (Phi) is 6.02. The molecule has 0 spiro atoms. The molecule has 1 atom stereocenters. The molecule has 1 aromatic rings. The molecule has 1 aromatic carbocycles. The molecule has 116 valence electrons. The highest BCUT2D eigenvalue weighted by Crippen LogP contribution is 2.25. The summed E-state index contributed by atoms with van der Waals surface area (Å²) < 4.78 is 10.8. The first-order valence-electron chi connectivity index (χ1n) is 7.51. The van der Waals surface area contributed by atoms with E-state index in [-0.39, 0.29) is 5.91 Å². The van der Waals surface area contributed by atoms with E-state index in [0.717, 1.165) is 24.3 Å². The third kappa shape index (κ3) is 5.02. The third-order valence-electron chi connectivity index (χ3n) is 3.70. The molecule has 1 fully saturated rings. The number of amides is 1. The minimum atomic E-state index is -0.556. The molecule has 3 N–H and O–H groups in total. The van der Waals surface area contributed by atoms with Crippen LogP contribution < -0.4 is 15.8 Å². The number of benzene rings is 1. The smallest absolute Gasteiger partial charge is 0.241 e. The van der Waals surface area contributed by atoms with Crippen LogP contribution in [-0.2, 0) is 9.53 Å². The van der Waals surface area contributed by atoms with E-state index in [1.54, 1.807) is 7.11 Å². The van der Waals surface area contributed by atoms with Crippen molar-refractivity contribution in [3.05, 3.63) is 24.3 Å². The van der Waals surface area contributed by atoms with Gasteiger partial charge in [-0.25, -0.2) is 0 Å². The van der Waals surface area contributed by atoms with Gasteiger partial charge in [0.15, 0.2) is 0 Å². The molecule has 1 unspecified atom stereocenters. The lowest BCUT2D eigenvalue weighted by molar-refractivity contribution is -0.117. The number of rotatable bonds is 7. The van der Waals surface area contributed by atoms with Crippen LogP contribution in [-0.4, -0.2) is 31.8 Å². The quantitative estimate of drug-likeness (QED) is 0.809. The first-order chi connectivity index (χ1) is 10.2.